The number of aryl methyl sites for hydroxylation is 1. The number of amides is 5. The number of benzene rings is 2. The number of hydrogen-bond acceptors (Lipinski definition) is 5. The van der Waals surface area contributed by atoms with E-state index in [0.717, 1.165) is 11.1 Å². The van der Waals surface area contributed by atoms with E-state index in [1.54, 1.807) is 6.92 Å². The zero-order valence-electron chi connectivity index (χ0n) is 25.0. The van der Waals surface area contributed by atoms with Crippen LogP contribution in [0.1, 0.15) is 44.7 Å². The second-order valence-electron chi connectivity index (χ2n) is 11.2. The Balaban J connectivity index is 1.86. The third kappa shape index (κ3) is 9.71. The highest BCUT2D eigenvalue weighted by atomic mass is 16.2. The van der Waals surface area contributed by atoms with Crippen molar-refractivity contribution in [3.05, 3.63) is 71.8 Å². The van der Waals surface area contributed by atoms with Crippen molar-refractivity contribution in [2.24, 2.45) is 5.92 Å². The average molecular weight is 578 g/mol. The van der Waals surface area contributed by atoms with Crippen molar-refractivity contribution in [2.75, 3.05) is 26.7 Å². The summed E-state index contributed by atoms with van der Waals surface area (Å²) in [4.78, 5) is 69.2. The first kappa shape index (κ1) is 32.3. The van der Waals surface area contributed by atoms with E-state index < -0.39 is 41.8 Å². The fourth-order valence-corrected chi connectivity index (χ4v) is 4.85. The summed E-state index contributed by atoms with van der Waals surface area (Å²) in [6.45, 7) is 5.40. The lowest BCUT2D eigenvalue weighted by atomic mass is 10.0. The molecule has 10 heteroatoms. The van der Waals surface area contributed by atoms with Crippen molar-refractivity contribution in [2.45, 2.75) is 64.6 Å². The standard InChI is InChI=1S/C32H43N5O5/c1-22(2)19-27-32(42)36(4)23(3)30(40)35-26(20-25-13-9-6-10-14-25)31(41)33-17-18-37(21-28(38)34-27)29(39)16-15-24-11-7-5-8-12-24/h5-14,22-23,26-27H,15-21H2,1-4H3,(H,33,41)(H,34,38)(H,35,40)/t23-,26-,27-/m0/s1. The lowest BCUT2D eigenvalue weighted by molar-refractivity contribution is -0.142. The number of nitrogens with one attached hydrogen (secondary N) is 3. The van der Waals surface area contributed by atoms with Crippen molar-refractivity contribution in [3.8, 4) is 0 Å². The van der Waals surface area contributed by atoms with Crippen LogP contribution in [0.25, 0.3) is 0 Å². The Morgan fingerprint density at radius 1 is 0.881 bits per heavy atom. The van der Waals surface area contributed by atoms with E-state index in [0.29, 0.717) is 12.8 Å². The molecule has 0 aliphatic carbocycles. The second kappa shape index (κ2) is 15.7. The zero-order valence-corrected chi connectivity index (χ0v) is 25.0. The summed E-state index contributed by atoms with van der Waals surface area (Å²) in [5, 5.41) is 8.44. The second-order valence-corrected chi connectivity index (χ2v) is 11.2. The highest BCUT2D eigenvalue weighted by Gasteiger charge is 2.33. The summed E-state index contributed by atoms with van der Waals surface area (Å²) in [7, 11) is 1.51. The summed E-state index contributed by atoms with van der Waals surface area (Å²) in [5.74, 6) is -1.94. The molecule has 1 saturated heterocycles. The van der Waals surface area contributed by atoms with Crippen LogP contribution in [0.5, 0.6) is 0 Å². The molecule has 5 amide bonds. The molecule has 10 nitrogen and oxygen atoms in total. The van der Waals surface area contributed by atoms with Gasteiger partial charge in [-0.2, -0.15) is 0 Å². The summed E-state index contributed by atoms with van der Waals surface area (Å²) < 4.78 is 0. The number of carbonyl (C=O) groups excluding carboxylic acids is 5. The average Bonchev–Trinajstić information content (AvgIpc) is 2.97. The number of likely N-dealkylation sites (N-methyl/N-ethyl adjacent to an activating group) is 1. The molecule has 0 spiro atoms. The Bertz CT molecular complexity index is 1220. The fourth-order valence-electron chi connectivity index (χ4n) is 4.85. The van der Waals surface area contributed by atoms with Crippen molar-refractivity contribution < 1.29 is 24.0 Å². The number of carbonyl (C=O) groups is 5. The first-order valence-corrected chi connectivity index (χ1v) is 14.5. The first-order chi connectivity index (χ1) is 20.0. The molecule has 0 unspecified atom stereocenters. The molecule has 42 heavy (non-hydrogen) atoms. The van der Waals surface area contributed by atoms with Gasteiger partial charge in [-0.25, -0.2) is 0 Å². The van der Waals surface area contributed by atoms with Crippen LogP contribution in [0.4, 0.5) is 0 Å². The minimum absolute atomic E-state index is 0.0829. The monoisotopic (exact) mass is 577 g/mol. The lowest BCUT2D eigenvalue weighted by Crippen LogP contribution is -2.57. The van der Waals surface area contributed by atoms with Crippen molar-refractivity contribution in [3.63, 3.8) is 0 Å². The Morgan fingerprint density at radius 3 is 2.12 bits per heavy atom. The highest BCUT2D eigenvalue weighted by molar-refractivity contribution is 5.94. The summed E-state index contributed by atoms with van der Waals surface area (Å²) >= 11 is 0. The topological polar surface area (TPSA) is 128 Å². The van der Waals surface area contributed by atoms with Crippen LogP contribution in [0.2, 0.25) is 0 Å². The Hall–Kier alpha value is -4.21. The fraction of sp³-hybridized carbons (Fsp3) is 0.469. The molecule has 1 aliphatic rings. The van der Waals surface area contributed by atoms with Gasteiger partial charge in [-0.1, -0.05) is 74.5 Å². The summed E-state index contributed by atoms with van der Waals surface area (Å²) in [5.41, 5.74) is 1.86. The van der Waals surface area contributed by atoms with Crippen LogP contribution in [0, 0.1) is 5.92 Å². The van der Waals surface area contributed by atoms with Crippen LogP contribution in [-0.4, -0.2) is 84.1 Å². The predicted octanol–water partition coefficient (Wildman–Crippen LogP) is 1.68. The molecule has 3 atom stereocenters. The van der Waals surface area contributed by atoms with E-state index in [1.807, 2.05) is 74.5 Å². The van der Waals surface area contributed by atoms with Gasteiger partial charge < -0.3 is 25.8 Å². The van der Waals surface area contributed by atoms with E-state index in [4.69, 9.17) is 0 Å². The molecular weight excluding hydrogens is 534 g/mol. The maximum atomic E-state index is 13.5. The maximum absolute atomic E-state index is 13.5. The van der Waals surface area contributed by atoms with Gasteiger partial charge in [0.2, 0.25) is 29.5 Å². The van der Waals surface area contributed by atoms with Crippen LogP contribution < -0.4 is 16.0 Å². The van der Waals surface area contributed by atoms with Gasteiger partial charge >= 0.3 is 0 Å². The molecule has 226 valence electrons. The third-order valence-electron chi connectivity index (χ3n) is 7.40. The smallest absolute Gasteiger partial charge is 0.245 e. The van der Waals surface area contributed by atoms with Gasteiger partial charge in [0.15, 0.2) is 0 Å². The quantitative estimate of drug-likeness (QED) is 0.462. The minimum Gasteiger partial charge on any atom is -0.353 e. The lowest BCUT2D eigenvalue weighted by Gasteiger charge is -2.30. The van der Waals surface area contributed by atoms with E-state index in [9.17, 15) is 24.0 Å². The first-order valence-electron chi connectivity index (χ1n) is 14.5. The van der Waals surface area contributed by atoms with E-state index >= 15 is 0 Å². The van der Waals surface area contributed by atoms with Crippen LogP contribution >= 0.6 is 0 Å². The Morgan fingerprint density at radius 2 is 1.50 bits per heavy atom. The van der Waals surface area contributed by atoms with Crippen molar-refractivity contribution in [1.82, 2.24) is 25.8 Å². The zero-order chi connectivity index (χ0) is 30.6. The summed E-state index contributed by atoms with van der Waals surface area (Å²) in [6, 6.07) is 16.2. The molecule has 3 rings (SSSR count). The molecule has 0 aromatic heterocycles. The van der Waals surface area contributed by atoms with Gasteiger partial charge in [-0.05, 0) is 36.8 Å². The molecular formula is C32H43N5O5. The van der Waals surface area contributed by atoms with Crippen molar-refractivity contribution in [1.29, 1.82) is 0 Å². The van der Waals surface area contributed by atoms with E-state index in [1.165, 1.54) is 16.8 Å². The van der Waals surface area contributed by atoms with Gasteiger partial charge in [-0.15, -0.1) is 0 Å². The largest absolute Gasteiger partial charge is 0.353 e. The van der Waals surface area contributed by atoms with E-state index in [2.05, 4.69) is 16.0 Å². The van der Waals surface area contributed by atoms with E-state index in [-0.39, 0.29) is 44.3 Å². The molecule has 2 aromatic rings. The van der Waals surface area contributed by atoms with Crippen LogP contribution in [0.15, 0.2) is 60.7 Å². The Labute approximate surface area is 248 Å². The molecule has 0 radical (unpaired) electrons. The van der Waals surface area contributed by atoms with Gasteiger partial charge in [0.05, 0.1) is 6.54 Å². The van der Waals surface area contributed by atoms with Crippen molar-refractivity contribution >= 4 is 29.5 Å². The summed E-state index contributed by atoms with van der Waals surface area (Å²) in [6.07, 6.45) is 1.30. The van der Waals surface area contributed by atoms with Gasteiger partial charge in [0.1, 0.15) is 18.1 Å². The third-order valence-corrected chi connectivity index (χ3v) is 7.40. The number of nitrogens with zero attached hydrogens (tertiary/aromatic N) is 2. The molecule has 2 aromatic carbocycles. The van der Waals surface area contributed by atoms with Gasteiger partial charge in [-0.3, -0.25) is 24.0 Å². The molecule has 3 N–H and O–H groups in total. The number of hydrogen-bond donors (Lipinski definition) is 3. The van der Waals surface area contributed by atoms with Crippen LogP contribution in [0.3, 0.4) is 0 Å². The van der Waals surface area contributed by atoms with Crippen LogP contribution in [-0.2, 0) is 36.8 Å². The number of rotatable bonds is 7. The molecule has 0 saturated carbocycles. The molecule has 1 aliphatic heterocycles. The highest BCUT2D eigenvalue weighted by Crippen LogP contribution is 2.12. The molecule has 0 bridgehead atoms. The van der Waals surface area contributed by atoms with Gasteiger partial charge in [0.25, 0.3) is 0 Å². The molecule has 1 heterocycles. The van der Waals surface area contributed by atoms with Gasteiger partial charge in [0, 0.05) is 33.0 Å². The SMILES string of the molecule is CC(C)C[C@@H]1NC(=O)CN(C(=O)CCc2ccccc2)CCNC(=O)[C@H](Cc2ccccc2)NC(=O)[C@H](C)N(C)C1=O. The minimum atomic E-state index is -0.899. The molecule has 1 fully saturated rings. The maximum Gasteiger partial charge on any atom is 0.245 e. The normalized spacial score (nSPS) is 21.2. The Kier molecular flexibility index (Phi) is 12.1. The predicted molar refractivity (Wildman–Crippen MR) is 160 cm³/mol.